The molecule has 6 nitrogen and oxygen atoms in total. The van der Waals surface area contributed by atoms with Gasteiger partial charge in [-0.05, 0) is 25.7 Å². The van der Waals surface area contributed by atoms with Crippen LogP contribution in [-0.2, 0) is 11.3 Å². The number of fused-ring (bicyclic) bond motifs is 1. The zero-order valence-corrected chi connectivity index (χ0v) is 11.9. The molecule has 0 aromatic carbocycles. The van der Waals surface area contributed by atoms with Crippen LogP contribution in [0.5, 0.6) is 11.5 Å². The number of carbonyl (C=O) groups is 1. The molecule has 3 rings (SSSR count). The Balaban J connectivity index is 1.50. The van der Waals surface area contributed by atoms with Gasteiger partial charge >= 0.3 is 5.97 Å². The Morgan fingerprint density at radius 1 is 1.24 bits per heavy atom. The van der Waals surface area contributed by atoms with E-state index in [1.54, 1.807) is 6.20 Å². The van der Waals surface area contributed by atoms with Crippen molar-refractivity contribution in [2.45, 2.75) is 38.3 Å². The SMILES string of the molecule is O=C(O)[C@H]1CC[C@H](NCc2cc3c(cn2)OCCO3)CC1. The number of nitrogens with zero attached hydrogens (tertiary/aromatic N) is 1. The van der Waals surface area contributed by atoms with E-state index in [0.717, 1.165) is 37.1 Å². The Morgan fingerprint density at radius 2 is 1.95 bits per heavy atom. The van der Waals surface area contributed by atoms with Crippen molar-refractivity contribution in [1.82, 2.24) is 10.3 Å². The third-order valence-corrected chi connectivity index (χ3v) is 4.13. The highest BCUT2D eigenvalue weighted by atomic mass is 16.6. The first-order valence-electron chi connectivity index (χ1n) is 7.43. The molecule has 2 aliphatic rings. The molecule has 1 fully saturated rings. The molecule has 6 heteroatoms. The molecule has 0 unspecified atom stereocenters. The van der Waals surface area contributed by atoms with Gasteiger partial charge in [0.15, 0.2) is 11.5 Å². The molecular formula is C15H20N2O4. The van der Waals surface area contributed by atoms with Gasteiger partial charge in [0.1, 0.15) is 13.2 Å². The first kappa shape index (κ1) is 14.1. The van der Waals surface area contributed by atoms with Crippen LogP contribution in [0.3, 0.4) is 0 Å². The van der Waals surface area contributed by atoms with Gasteiger partial charge in [0.2, 0.25) is 0 Å². The molecule has 1 aliphatic heterocycles. The van der Waals surface area contributed by atoms with Crippen molar-refractivity contribution in [2.75, 3.05) is 13.2 Å². The number of rotatable bonds is 4. The molecule has 0 radical (unpaired) electrons. The van der Waals surface area contributed by atoms with Crippen molar-refractivity contribution < 1.29 is 19.4 Å². The second kappa shape index (κ2) is 6.30. The van der Waals surface area contributed by atoms with Crippen molar-refractivity contribution >= 4 is 5.97 Å². The van der Waals surface area contributed by atoms with Crippen molar-refractivity contribution in [1.29, 1.82) is 0 Å². The van der Waals surface area contributed by atoms with Gasteiger partial charge in [0, 0.05) is 18.7 Å². The van der Waals surface area contributed by atoms with Crippen molar-refractivity contribution in [2.24, 2.45) is 5.92 Å². The largest absolute Gasteiger partial charge is 0.486 e. The summed E-state index contributed by atoms with van der Waals surface area (Å²) in [5.74, 6) is 0.618. The van der Waals surface area contributed by atoms with Gasteiger partial charge in [-0.1, -0.05) is 0 Å². The van der Waals surface area contributed by atoms with E-state index in [1.165, 1.54) is 0 Å². The second-order valence-electron chi connectivity index (χ2n) is 5.59. The Hall–Kier alpha value is -1.82. The molecule has 0 atom stereocenters. The normalized spacial score (nSPS) is 24.6. The number of nitrogens with one attached hydrogen (secondary N) is 1. The summed E-state index contributed by atoms with van der Waals surface area (Å²) in [4.78, 5) is 15.3. The number of ether oxygens (including phenoxy) is 2. The molecule has 1 saturated carbocycles. The first-order chi connectivity index (χ1) is 10.2. The fourth-order valence-corrected chi connectivity index (χ4v) is 2.88. The van der Waals surface area contributed by atoms with E-state index in [1.807, 2.05) is 6.07 Å². The van der Waals surface area contributed by atoms with E-state index < -0.39 is 5.97 Å². The quantitative estimate of drug-likeness (QED) is 0.877. The minimum absolute atomic E-state index is 0.171. The molecule has 2 N–H and O–H groups in total. The van der Waals surface area contributed by atoms with Crippen LogP contribution in [0.15, 0.2) is 12.3 Å². The molecule has 2 heterocycles. The zero-order valence-electron chi connectivity index (χ0n) is 11.9. The number of hydrogen-bond acceptors (Lipinski definition) is 5. The van der Waals surface area contributed by atoms with Crippen LogP contribution in [0, 0.1) is 5.92 Å². The highest BCUT2D eigenvalue weighted by Gasteiger charge is 2.25. The van der Waals surface area contributed by atoms with Gasteiger partial charge in [-0.15, -0.1) is 0 Å². The molecular weight excluding hydrogens is 272 g/mol. The standard InChI is InChI=1S/C15H20N2O4/c18-15(19)10-1-3-11(4-2-10)16-8-12-7-13-14(9-17-12)21-6-5-20-13/h7,9-11,16H,1-6,8H2,(H,18,19)/t10-,11-. The van der Waals surface area contributed by atoms with Gasteiger partial charge < -0.3 is 19.9 Å². The maximum atomic E-state index is 10.9. The summed E-state index contributed by atoms with van der Waals surface area (Å²) in [5, 5.41) is 12.4. The van der Waals surface area contributed by atoms with E-state index in [-0.39, 0.29) is 5.92 Å². The fourth-order valence-electron chi connectivity index (χ4n) is 2.88. The monoisotopic (exact) mass is 292 g/mol. The Kier molecular flexibility index (Phi) is 4.24. The van der Waals surface area contributed by atoms with Crippen LogP contribution in [0.4, 0.5) is 0 Å². The van der Waals surface area contributed by atoms with Crippen molar-refractivity contribution in [3.8, 4) is 11.5 Å². The average Bonchev–Trinajstić information content (AvgIpc) is 2.53. The van der Waals surface area contributed by atoms with E-state index in [0.29, 0.717) is 31.5 Å². The molecule has 1 aromatic rings. The Morgan fingerprint density at radius 3 is 2.67 bits per heavy atom. The summed E-state index contributed by atoms with van der Waals surface area (Å²) in [6.07, 6.45) is 5.01. The van der Waals surface area contributed by atoms with Gasteiger partial charge in [0.25, 0.3) is 0 Å². The van der Waals surface area contributed by atoms with Gasteiger partial charge in [-0.3, -0.25) is 9.78 Å². The molecule has 1 aromatic heterocycles. The minimum atomic E-state index is -0.665. The third-order valence-electron chi connectivity index (χ3n) is 4.13. The third kappa shape index (κ3) is 3.44. The Bertz CT molecular complexity index is 512. The minimum Gasteiger partial charge on any atom is -0.486 e. The average molecular weight is 292 g/mol. The highest BCUT2D eigenvalue weighted by Crippen LogP contribution is 2.29. The lowest BCUT2D eigenvalue weighted by Gasteiger charge is -2.27. The van der Waals surface area contributed by atoms with Crippen LogP contribution in [0.2, 0.25) is 0 Å². The molecule has 21 heavy (non-hydrogen) atoms. The van der Waals surface area contributed by atoms with Crippen LogP contribution in [0.1, 0.15) is 31.4 Å². The zero-order chi connectivity index (χ0) is 14.7. The molecule has 0 amide bonds. The van der Waals surface area contributed by atoms with E-state index in [4.69, 9.17) is 14.6 Å². The van der Waals surface area contributed by atoms with Crippen LogP contribution >= 0.6 is 0 Å². The predicted molar refractivity (Wildman–Crippen MR) is 75.4 cm³/mol. The molecule has 0 saturated heterocycles. The summed E-state index contributed by atoms with van der Waals surface area (Å²) >= 11 is 0. The molecule has 0 spiro atoms. The number of carboxylic acid groups (broad SMARTS) is 1. The Labute approximate surface area is 123 Å². The summed E-state index contributed by atoms with van der Waals surface area (Å²) < 4.78 is 11.0. The lowest BCUT2D eigenvalue weighted by molar-refractivity contribution is -0.142. The van der Waals surface area contributed by atoms with Crippen LogP contribution < -0.4 is 14.8 Å². The lowest BCUT2D eigenvalue weighted by Crippen LogP contribution is -2.34. The van der Waals surface area contributed by atoms with E-state index in [2.05, 4.69) is 10.3 Å². The van der Waals surface area contributed by atoms with Crippen LogP contribution in [-0.4, -0.2) is 35.3 Å². The van der Waals surface area contributed by atoms with Crippen molar-refractivity contribution in [3.63, 3.8) is 0 Å². The topological polar surface area (TPSA) is 80.7 Å². The van der Waals surface area contributed by atoms with E-state index >= 15 is 0 Å². The number of carboxylic acids is 1. The number of aliphatic carboxylic acids is 1. The summed E-state index contributed by atoms with van der Waals surface area (Å²) in [7, 11) is 0. The first-order valence-corrected chi connectivity index (χ1v) is 7.43. The van der Waals surface area contributed by atoms with Gasteiger partial charge in [0.05, 0.1) is 17.8 Å². The number of aromatic nitrogens is 1. The van der Waals surface area contributed by atoms with Crippen LogP contribution in [0.25, 0.3) is 0 Å². The second-order valence-corrected chi connectivity index (χ2v) is 5.59. The summed E-state index contributed by atoms with van der Waals surface area (Å²) in [6.45, 7) is 1.81. The van der Waals surface area contributed by atoms with Gasteiger partial charge in [-0.2, -0.15) is 0 Å². The smallest absolute Gasteiger partial charge is 0.306 e. The van der Waals surface area contributed by atoms with E-state index in [9.17, 15) is 4.79 Å². The molecule has 114 valence electrons. The highest BCUT2D eigenvalue weighted by molar-refractivity contribution is 5.70. The number of pyridine rings is 1. The fraction of sp³-hybridized carbons (Fsp3) is 0.600. The summed E-state index contributed by atoms with van der Waals surface area (Å²) in [5.41, 5.74) is 0.916. The maximum Gasteiger partial charge on any atom is 0.306 e. The number of hydrogen-bond donors (Lipinski definition) is 2. The predicted octanol–water partition coefficient (Wildman–Crippen LogP) is 1.59. The van der Waals surface area contributed by atoms with Crippen molar-refractivity contribution in [3.05, 3.63) is 18.0 Å². The van der Waals surface area contributed by atoms with Gasteiger partial charge in [-0.25, -0.2) is 0 Å². The molecule has 1 aliphatic carbocycles. The molecule has 0 bridgehead atoms. The lowest BCUT2D eigenvalue weighted by atomic mass is 9.86. The maximum absolute atomic E-state index is 10.9. The summed E-state index contributed by atoms with van der Waals surface area (Å²) in [6, 6.07) is 2.28.